The Labute approximate surface area is 313 Å². The van der Waals surface area contributed by atoms with Gasteiger partial charge in [-0.1, -0.05) is 18.2 Å². The van der Waals surface area contributed by atoms with Crippen LogP contribution in [0, 0.1) is 0 Å². The first-order valence-electron chi connectivity index (χ1n) is 18.0. The molecule has 2 fully saturated rings. The summed E-state index contributed by atoms with van der Waals surface area (Å²) in [5.41, 5.74) is 6.62. The van der Waals surface area contributed by atoms with Crippen LogP contribution in [0.15, 0.2) is 85.3 Å². The Morgan fingerprint density at radius 3 is 2.54 bits per heavy atom. The van der Waals surface area contributed by atoms with Gasteiger partial charge in [-0.25, -0.2) is 9.78 Å². The fourth-order valence-corrected chi connectivity index (χ4v) is 6.75. The molecule has 278 valence electrons. The third kappa shape index (κ3) is 8.18. The Morgan fingerprint density at radius 1 is 0.926 bits per heavy atom. The molecule has 3 aliphatic rings. The van der Waals surface area contributed by atoms with E-state index in [2.05, 4.69) is 20.9 Å². The quantitative estimate of drug-likeness (QED) is 0.170. The zero-order valence-corrected chi connectivity index (χ0v) is 30.5. The van der Waals surface area contributed by atoms with E-state index in [9.17, 15) is 19.2 Å². The van der Waals surface area contributed by atoms with Gasteiger partial charge < -0.3 is 35.4 Å². The van der Waals surface area contributed by atoms with Crippen molar-refractivity contribution in [3.05, 3.63) is 96.5 Å². The molecule has 14 nitrogen and oxygen atoms in total. The molecule has 2 aromatic carbocycles. The first-order valence-corrected chi connectivity index (χ1v) is 18.0. The van der Waals surface area contributed by atoms with Crippen molar-refractivity contribution in [2.45, 2.75) is 32.4 Å². The van der Waals surface area contributed by atoms with Gasteiger partial charge in [0.25, 0.3) is 0 Å². The molecule has 54 heavy (non-hydrogen) atoms. The summed E-state index contributed by atoms with van der Waals surface area (Å²) < 4.78 is 6.32. The number of amides is 5. The molecule has 0 spiro atoms. The number of carbonyl (C=O) groups excluding carboxylic acids is 4. The van der Waals surface area contributed by atoms with E-state index in [0.29, 0.717) is 55.5 Å². The van der Waals surface area contributed by atoms with E-state index in [4.69, 9.17) is 9.72 Å². The van der Waals surface area contributed by atoms with Crippen LogP contribution in [-0.2, 0) is 20.9 Å². The average molecular weight is 730 g/mol. The number of rotatable bonds is 12. The number of hydrogen-bond donors (Lipinski definition) is 3. The van der Waals surface area contributed by atoms with Crippen molar-refractivity contribution in [2.75, 3.05) is 67.3 Å². The van der Waals surface area contributed by atoms with Crippen molar-refractivity contribution in [3.8, 4) is 16.9 Å². The van der Waals surface area contributed by atoms with Gasteiger partial charge in [0.2, 0.25) is 17.7 Å². The number of likely N-dealkylation sites (N-methyl/N-ethyl adjacent to an activating group) is 1. The Bertz CT molecular complexity index is 2100. The van der Waals surface area contributed by atoms with E-state index < -0.39 is 0 Å². The second-order valence-electron chi connectivity index (χ2n) is 13.8. The van der Waals surface area contributed by atoms with Crippen molar-refractivity contribution in [1.82, 2.24) is 25.1 Å². The highest BCUT2D eigenvalue weighted by Crippen LogP contribution is 2.44. The predicted molar refractivity (Wildman–Crippen MR) is 207 cm³/mol. The predicted octanol–water partition coefficient (Wildman–Crippen LogP) is 5.08. The third-order valence-corrected chi connectivity index (χ3v) is 9.50. The van der Waals surface area contributed by atoms with Crippen molar-refractivity contribution < 1.29 is 23.9 Å². The number of aromatic nitrogens is 2. The van der Waals surface area contributed by atoms with Crippen molar-refractivity contribution in [2.24, 2.45) is 0 Å². The molecule has 0 unspecified atom stereocenters. The zero-order chi connectivity index (χ0) is 37.8. The SMILES string of the molecule is C[C@@H]1Oc2cc(N3CCCC3=O)ccc2-c2cnc(Nc3cncc(N4CCN(Cc5ccc(NC(=O)CNC(=O)/C=C/CN(C)C)cc5)C4=O)c3)cc21. The lowest BCUT2D eigenvalue weighted by Gasteiger charge is -2.28. The molecule has 7 rings (SSSR count). The molecule has 0 saturated carbocycles. The molecule has 5 amide bonds. The normalized spacial score (nSPS) is 16.4. The minimum atomic E-state index is -0.337. The number of pyridine rings is 2. The van der Waals surface area contributed by atoms with E-state index in [-0.39, 0.29) is 36.4 Å². The Morgan fingerprint density at radius 2 is 1.76 bits per heavy atom. The van der Waals surface area contributed by atoms with Crippen LogP contribution in [0.4, 0.5) is 33.4 Å². The largest absolute Gasteiger partial charge is 0.485 e. The second kappa shape index (κ2) is 15.8. The average Bonchev–Trinajstić information content (AvgIpc) is 3.75. The lowest BCUT2D eigenvalue weighted by atomic mass is 9.94. The van der Waals surface area contributed by atoms with Gasteiger partial charge in [0.1, 0.15) is 17.7 Å². The number of nitrogens with one attached hydrogen (secondary N) is 3. The summed E-state index contributed by atoms with van der Waals surface area (Å²) in [6.45, 7) is 4.66. The number of ether oxygens (including phenoxy) is 1. The fourth-order valence-electron chi connectivity index (χ4n) is 6.75. The Kier molecular flexibility index (Phi) is 10.5. The smallest absolute Gasteiger partial charge is 0.324 e. The number of anilines is 5. The van der Waals surface area contributed by atoms with Crippen LogP contribution in [0.3, 0.4) is 0 Å². The van der Waals surface area contributed by atoms with Crippen LogP contribution < -0.4 is 30.5 Å². The molecule has 0 aliphatic carbocycles. The second-order valence-corrected chi connectivity index (χ2v) is 13.8. The van der Waals surface area contributed by atoms with Gasteiger partial charge in [-0.05, 0) is 69.4 Å². The monoisotopic (exact) mass is 729 g/mol. The summed E-state index contributed by atoms with van der Waals surface area (Å²) in [7, 11) is 3.80. The van der Waals surface area contributed by atoms with E-state index in [1.54, 1.807) is 40.4 Å². The number of carbonyl (C=O) groups is 4. The van der Waals surface area contributed by atoms with Gasteiger partial charge >= 0.3 is 6.03 Å². The summed E-state index contributed by atoms with van der Waals surface area (Å²) in [4.78, 5) is 66.3. The number of urea groups is 1. The molecule has 14 heteroatoms. The molecule has 4 aromatic rings. The van der Waals surface area contributed by atoms with Crippen molar-refractivity contribution in [3.63, 3.8) is 0 Å². The maximum Gasteiger partial charge on any atom is 0.324 e. The number of nitrogens with zero attached hydrogens (tertiary/aromatic N) is 6. The number of benzene rings is 2. The van der Waals surface area contributed by atoms with Crippen molar-refractivity contribution in [1.29, 1.82) is 0 Å². The molecule has 2 saturated heterocycles. The Balaban J connectivity index is 0.939. The molecular formula is C40H43N9O5. The van der Waals surface area contributed by atoms with E-state index in [1.165, 1.54) is 6.08 Å². The molecule has 3 aliphatic heterocycles. The number of fused-ring (bicyclic) bond motifs is 3. The Hall–Kier alpha value is -6.28. The van der Waals surface area contributed by atoms with Gasteiger partial charge in [0, 0.05) is 85.5 Å². The van der Waals surface area contributed by atoms with Gasteiger partial charge in [-0.3, -0.25) is 24.3 Å². The molecule has 1 atom stereocenters. The topological polar surface area (TPSA) is 152 Å². The molecule has 5 heterocycles. The first-order chi connectivity index (χ1) is 26.1. The van der Waals surface area contributed by atoms with Crippen LogP contribution in [0.25, 0.3) is 11.1 Å². The van der Waals surface area contributed by atoms with Crippen LogP contribution in [0.5, 0.6) is 5.75 Å². The molecular weight excluding hydrogens is 686 g/mol. The van der Waals surface area contributed by atoms with Crippen LogP contribution in [0.2, 0.25) is 0 Å². The first kappa shape index (κ1) is 36.1. The van der Waals surface area contributed by atoms with E-state index in [0.717, 1.165) is 46.7 Å². The fraction of sp³-hybridized carbons (Fsp3) is 0.300. The number of hydrogen-bond acceptors (Lipinski definition) is 9. The summed E-state index contributed by atoms with van der Waals surface area (Å²) >= 11 is 0. The van der Waals surface area contributed by atoms with Gasteiger partial charge in [0.05, 0.1) is 30.3 Å². The van der Waals surface area contributed by atoms with Crippen LogP contribution in [-0.4, -0.2) is 90.3 Å². The molecule has 2 aromatic heterocycles. The molecule has 3 N–H and O–H groups in total. The van der Waals surface area contributed by atoms with Gasteiger partial charge in [0.15, 0.2) is 0 Å². The van der Waals surface area contributed by atoms with E-state index >= 15 is 0 Å². The van der Waals surface area contributed by atoms with Gasteiger partial charge in [-0.15, -0.1) is 0 Å². The summed E-state index contributed by atoms with van der Waals surface area (Å²) in [5, 5.41) is 8.69. The van der Waals surface area contributed by atoms with Gasteiger partial charge in [-0.2, -0.15) is 0 Å². The lowest BCUT2D eigenvalue weighted by Crippen LogP contribution is -2.32. The highest BCUT2D eigenvalue weighted by Gasteiger charge is 2.31. The third-order valence-electron chi connectivity index (χ3n) is 9.50. The highest BCUT2D eigenvalue weighted by molar-refractivity contribution is 5.97. The lowest BCUT2D eigenvalue weighted by molar-refractivity contribution is -0.121. The van der Waals surface area contributed by atoms with E-state index in [1.807, 2.05) is 79.5 Å². The highest BCUT2D eigenvalue weighted by atomic mass is 16.5. The molecule has 0 bridgehead atoms. The van der Waals surface area contributed by atoms with Crippen LogP contribution in [0.1, 0.15) is 37.0 Å². The summed E-state index contributed by atoms with van der Waals surface area (Å²) in [6, 6.07) is 16.9. The zero-order valence-electron chi connectivity index (χ0n) is 30.5. The minimum Gasteiger partial charge on any atom is -0.485 e. The standard InChI is InChI=1S/C40H43N9O5/c1-26-33-20-36(42-23-34(33)32-13-12-30(19-35(32)54-26)48-15-5-7-39(48)52)44-29-18-31(22-41-21-29)49-17-16-47(40(49)53)25-27-8-10-28(11-9-27)45-38(51)24-43-37(50)6-4-14-46(2)3/h4,6,8-13,18-23,26H,5,7,14-17,24-25H2,1-3H3,(H,42,44)(H,43,50)(H,45,51)/b6-4+/t26-/m0/s1. The summed E-state index contributed by atoms with van der Waals surface area (Å²) in [6.07, 6.45) is 9.54. The molecule has 0 radical (unpaired) electrons. The van der Waals surface area contributed by atoms with Crippen LogP contribution >= 0.6 is 0 Å². The maximum absolute atomic E-state index is 13.5. The summed E-state index contributed by atoms with van der Waals surface area (Å²) in [5.74, 6) is 0.828. The van der Waals surface area contributed by atoms with Crippen molar-refractivity contribution >= 4 is 52.3 Å². The maximum atomic E-state index is 13.5. The minimum absolute atomic E-state index is 0.129.